The molecule has 2 fully saturated rings. The van der Waals surface area contributed by atoms with E-state index in [1.165, 1.54) is 4.31 Å². The van der Waals surface area contributed by atoms with E-state index in [4.69, 9.17) is 0 Å². The lowest BCUT2D eigenvalue weighted by Gasteiger charge is -2.31. The fourth-order valence-corrected chi connectivity index (χ4v) is 4.57. The zero-order chi connectivity index (χ0) is 17.9. The van der Waals surface area contributed by atoms with Crippen LogP contribution in [0.2, 0.25) is 0 Å². The lowest BCUT2D eigenvalue weighted by atomic mass is 9.99. The van der Waals surface area contributed by atoms with Crippen molar-refractivity contribution in [1.29, 1.82) is 0 Å². The van der Waals surface area contributed by atoms with Gasteiger partial charge in [-0.05, 0) is 31.2 Å². The minimum Gasteiger partial charge on any atom is -0.273 e. The first-order chi connectivity index (χ1) is 12.0. The number of hydrazine groups is 1. The quantitative estimate of drug-likeness (QED) is 0.754. The number of carbonyl (C=O) groups is 2. The lowest BCUT2D eigenvalue weighted by Crippen LogP contribution is -2.50. The fraction of sp³-hybridized carbons (Fsp3) is 0.529. The van der Waals surface area contributed by atoms with Gasteiger partial charge >= 0.3 is 0 Å². The molecule has 1 saturated carbocycles. The Morgan fingerprint density at radius 1 is 1.00 bits per heavy atom. The van der Waals surface area contributed by atoms with Gasteiger partial charge in [-0.2, -0.15) is 0 Å². The summed E-state index contributed by atoms with van der Waals surface area (Å²) in [5.74, 6) is -1.000. The number of piperidine rings is 1. The van der Waals surface area contributed by atoms with E-state index in [2.05, 4.69) is 10.9 Å². The van der Waals surface area contributed by atoms with E-state index < -0.39 is 15.9 Å². The molecule has 1 heterocycles. The van der Waals surface area contributed by atoms with Crippen LogP contribution in [0, 0.1) is 11.8 Å². The average Bonchev–Trinajstić information content (AvgIpc) is 3.45. The maximum atomic E-state index is 12.6. The van der Waals surface area contributed by atoms with Gasteiger partial charge < -0.3 is 0 Å². The predicted octanol–water partition coefficient (Wildman–Crippen LogP) is 0.786. The summed E-state index contributed by atoms with van der Waals surface area (Å²) in [5, 5.41) is 0. The molecule has 2 aliphatic rings. The summed E-state index contributed by atoms with van der Waals surface area (Å²) in [4.78, 5) is 23.8. The van der Waals surface area contributed by atoms with Gasteiger partial charge in [0, 0.05) is 19.0 Å². The maximum Gasteiger partial charge on any atom is 0.242 e. The summed E-state index contributed by atoms with van der Waals surface area (Å²) in [6, 6.07) is 9.01. The van der Waals surface area contributed by atoms with E-state index >= 15 is 0 Å². The molecular weight excluding hydrogens is 342 g/mol. The topological polar surface area (TPSA) is 95.6 Å². The van der Waals surface area contributed by atoms with Crippen molar-refractivity contribution in [2.45, 2.75) is 31.4 Å². The Labute approximate surface area is 147 Å². The maximum absolute atomic E-state index is 12.6. The number of hydrogen-bond acceptors (Lipinski definition) is 4. The summed E-state index contributed by atoms with van der Waals surface area (Å²) < 4.78 is 26.6. The average molecular weight is 365 g/mol. The molecule has 1 atom stereocenters. The van der Waals surface area contributed by atoms with E-state index in [0.717, 1.165) is 18.4 Å². The van der Waals surface area contributed by atoms with Crippen molar-refractivity contribution in [3.05, 3.63) is 35.9 Å². The van der Waals surface area contributed by atoms with Crippen LogP contribution in [0.15, 0.2) is 30.3 Å². The van der Waals surface area contributed by atoms with Gasteiger partial charge in [0.1, 0.15) is 0 Å². The summed E-state index contributed by atoms with van der Waals surface area (Å²) in [7, 11) is -3.47. The van der Waals surface area contributed by atoms with Gasteiger partial charge in [0.2, 0.25) is 21.8 Å². The van der Waals surface area contributed by atoms with Crippen LogP contribution in [0.25, 0.3) is 0 Å². The normalized spacial score (nSPS) is 21.5. The highest BCUT2D eigenvalue weighted by atomic mass is 32.2. The van der Waals surface area contributed by atoms with Crippen LogP contribution in [0.1, 0.15) is 31.2 Å². The number of nitrogens with zero attached hydrogens (tertiary/aromatic N) is 1. The van der Waals surface area contributed by atoms with Crippen molar-refractivity contribution in [2.24, 2.45) is 11.8 Å². The van der Waals surface area contributed by atoms with Crippen LogP contribution < -0.4 is 10.9 Å². The van der Waals surface area contributed by atoms with Crippen molar-refractivity contribution in [2.75, 3.05) is 13.1 Å². The molecule has 0 radical (unpaired) electrons. The predicted molar refractivity (Wildman–Crippen MR) is 92.4 cm³/mol. The number of amides is 2. The molecule has 0 spiro atoms. The van der Waals surface area contributed by atoms with Crippen LogP contribution in [0.3, 0.4) is 0 Å². The molecular formula is C17H23N3O4S. The zero-order valence-corrected chi connectivity index (χ0v) is 14.8. The summed E-state index contributed by atoms with van der Waals surface area (Å²) >= 11 is 0. The molecule has 2 amide bonds. The van der Waals surface area contributed by atoms with Gasteiger partial charge in [-0.1, -0.05) is 30.3 Å². The molecule has 7 nitrogen and oxygen atoms in total. The molecule has 1 aromatic carbocycles. The number of hydrogen-bond donors (Lipinski definition) is 2. The van der Waals surface area contributed by atoms with E-state index in [-0.39, 0.29) is 30.0 Å². The van der Waals surface area contributed by atoms with Gasteiger partial charge in [0.15, 0.2) is 0 Å². The number of carbonyl (C=O) groups excluding carboxylic acids is 2. The number of rotatable bonds is 5. The van der Waals surface area contributed by atoms with Gasteiger partial charge in [-0.15, -0.1) is 0 Å². The number of sulfonamides is 1. The second-order valence-electron chi connectivity index (χ2n) is 6.69. The highest BCUT2D eigenvalue weighted by molar-refractivity contribution is 7.88. The van der Waals surface area contributed by atoms with Gasteiger partial charge in [-0.25, -0.2) is 12.7 Å². The standard InChI is InChI=1S/C17H23N3O4S/c21-16(14-8-9-14)18-19-17(22)15-7-4-10-20(11-15)25(23,24)12-13-5-2-1-3-6-13/h1-3,5-6,14-15H,4,7-12H2,(H,18,21)(H,19,22)/t15-/m1/s1. The first-order valence-corrected chi connectivity index (χ1v) is 10.2. The molecule has 3 rings (SSSR count). The van der Waals surface area contributed by atoms with Crippen molar-refractivity contribution in [1.82, 2.24) is 15.2 Å². The van der Waals surface area contributed by atoms with Crippen molar-refractivity contribution in [3.8, 4) is 0 Å². The summed E-state index contributed by atoms with van der Waals surface area (Å²) in [6.45, 7) is 0.577. The Kier molecular flexibility index (Phi) is 5.39. The molecule has 1 aromatic rings. The Bertz CT molecular complexity index is 732. The zero-order valence-electron chi connectivity index (χ0n) is 14.0. The first-order valence-electron chi connectivity index (χ1n) is 8.57. The van der Waals surface area contributed by atoms with Crippen molar-refractivity contribution < 1.29 is 18.0 Å². The Balaban J connectivity index is 1.56. The first kappa shape index (κ1) is 17.9. The van der Waals surface area contributed by atoms with Gasteiger partial charge in [-0.3, -0.25) is 20.4 Å². The van der Waals surface area contributed by atoms with E-state index in [1.54, 1.807) is 24.3 Å². The third-order valence-corrected chi connectivity index (χ3v) is 6.41. The van der Waals surface area contributed by atoms with Gasteiger partial charge in [0.25, 0.3) is 0 Å². The number of benzene rings is 1. The van der Waals surface area contributed by atoms with E-state index in [0.29, 0.717) is 19.4 Å². The van der Waals surface area contributed by atoms with E-state index in [9.17, 15) is 18.0 Å². The second kappa shape index (κ2) is 7.53. The fourth-order valence-electron chi connectivity index (χ4n) is 2.96. The molecule has 0 aromatic heterocycles. The molecule has 136 valence electrons. The highest BCUT2D eigenvalue weighted by Crippen LogP contribution is 2.28. The monoisotopic (exact) mass is 365 g/mol. The SMILES string of the molecule is O=C(NNC(=O)[C@@H]1CCCN(S(=O)(=O)Cc2ccccc2)C1)C1CC1. The minimum absolute atomic E-state index is 0.00871. The summed E-state index contributed by atoms with van der Waals surface area (Å²) in [5.41, 5.74) is 5.59. The molecule has 25 heavy (non-hydrogen) atoms. The number of nitrogens with one attached hydrogen (secondary N) is 2. The molecule has 1 aliphatic carbocycles. The molecule has 1 saturated heterocycles. The summed E-state index contributed by atoms with van der Waals surface area (Å²) in [6.07, 6.45) is 2.96. The van der Waals surface area contributed by atoms with Crippen molar-refractivity contribution >= 4 is 21.8 Å². The Morgan fingerprint density at radius 3 is 2.28 bits per heavy atom. The third-order valence-electron chi connectivity index (χ3n) is 4.60. The highest BCUT2D eigenvalue weighted by Gasteiger charge is 2.34. The minimum atomic E-state index is -3.47. The van der Waals surface area contributed by atoms with Crippen LogP contribution in [0.5, 0.6) is 0 Å². The van der Waals surface area contributed by atoms with Crippen LogP contribution >= 0.6 is 0 Å². The third kappa shape index (κ3) is 4.79. The lowest BCUT2D eigenvalue weighted by molar-refractivity contribution is -0.132. The van der Waals surface area contributed by atoms with Crippen LogP contribution in [-0.4, -0.2) is 37.6 Å². The molecule has 2 N–H and O–H groups in total. The molecule has 0 unspecified atom stereocenters. The second-order valence-corrected chi connectivity index (χ2v) is 8.66. The van der Waals surface area contributed by atoms with Crippen molar-refractivity contribution in [3.63, 3.8) is 0 Å². The smallest absolute Gasteiger partial charge is 0.242 e. The van der Waals surface area contributed by atoms with E-state index in [1.807, 2.05) is 6.07 Å². The Morgan fingerprint density at radius 2 is 1.64 bits per heavy atom. The molecule has 1 aliphatic heterocycles. The van der Waals surface area contributed by atoms with Gasteiger partial charge in [0.05, 0.1) is 11.7 Å². The van der Waals surface area contributed by atoms with Crippen LogP contribution in [-0.2, 0) is 25.4 Å². The van der Waals surface area contributed by atoms with Crippen LogP contribution in [0.4, 0.5) is 0 Å². The largest absolute Gasteiger partial charge is 0.273 e. The molecule has 8 heteroatoms. The Hall–Kier alpha value is -1.93. The molecule has 0 bridgehead atoms.